The van der Waals surface area contributed by atoms with Gasteiger partial charge in [0, 0.05) is 42.6 Å². The summed E-state index contributed by atoms with van der Waals surface area (Å²) in [6.07, 6.45) is 2.92. The van der Waals surface area contributed by atoms with E-state index in [-0.39, 0.29) is 23.2 Å². The fraction of sp³-hybridized carbons (Fsp3) is 0.850. The van der Waals surface area contributed by atoms with Crippen molar-refractivity contribution in [2.45, 2.75) is 90.5 Å². The molecule has 1 aliphatic rings. The molecule has 1 atom stereocenters. The highest BCUT2D eigenvalue weighted by Gasteiger charge is 2.47. The second kappa shape index (κ2) is 9.15. The number of nitrogens with zero attached hydrogens (tertiary/aromatic N) is 1. The number of aliphatic hydroxyl groups excluding tert-OH is 1. The molecule has 1 saturated heterocycles. The third-order valence-electron chi connectivity index (χ3n) is 4.88. The van der Waals surface area contributed by atoms with E-state index in [0.29, 0.717) is 25.3 Å². The standard InChI is InChI=1S/C20H37NO4/c1-8-9-10-24-14-16(22)13-21-19(4,5)11-17(12-20(21,6)7)25-18(23)15(2)3/h16-17,22H,2,8-14H2,1,3-7H3. The molecule has 0 aromatic rings. The summed E-state index contributed by atoms with van der Waals surface area (Å²) in [7, 11) is 0. The maximum Gasteiger partial charge on any atom is 0.333 e. The molecule has 0 amide bonds. The number of hydrogen-bond acceptors (Lipinski definition) is 5. The van der Waals surface area contributed by atoms with Crippen LogP contribution < -0.4 is 0 Å². The summed E-state index contributed by atoms with van der Waals surface area (Å²) in [4.78, 5) is 14.2. The van der Waals surface area contributed by atoms with E-state index in [1.807, 2.05) is 0 Å². The molecule has 1 fully saturated rings. The van der Waals surface area contributed by atoms with Crippen molar-refractivity contribution in [1.82, 2.24) is 4.90 Å². The lowest BCUT2D eigenvalue weighted by Gasteiger charge is -2.55. The van der Waals surface area contributed by atoms with Crippen LogP contribution in [0.3, 0.4) is 0 Å². The van der Waals surface area contributed by atoms with Crippen molar-refractivity contribution in [3.63, 3.8) is 0 Å². The summed E-state index contributed by atoms with van der Waals surface area (Å²) in [5.74, 6) is -0.325. The minimum Gasteiger partial charge on any atom is -0.459 e. The van der Waals surface area contributed by atoms with E-state index in [1.54, 1.807) is 6.92 Å². The molecule has 0 bridgehead atoms. The normalized spacial score (nSPS) is 21.7. The predicted octanol–water partition coefficient (Wildman–Crippen LogP) is 3.30. The van der Waals surface area contributed by atoms with Gasteiger partial charge in [0.05, 0.1) is 12.7 Å². The van der Waals surface area contributed by atoms with Crippen LogP contribution in [0.4, 0.5) is 0 Å². The van der Waals surface area contributed by atoms with Crippen LogP contribution in [0.1, 0.15) is 67.2 Å². The molecule has 1 rings (SSSR count). The number of β-amino-alcohol motifs (C(OH)–C–C–N with tert-alkyl or cyclic N) is 1. The number of aliphatic hydroxyl groups is 1. The quantitative estimate of drug-likeness (QED) is 0.391. The summed E-state index contributed by atoms with van der Waals surface area (Å²) in [5.41, 5.74) is 0.0518. The van der Waals surface area contributed by atoms with Gasteiger partial charge in [-0.1, -0.05) is 19.9 Å². The Balaban J connectivity index is 2.69. The number of ether oxygens (including phenoxy) is 2. The van der Waals surface area contributed by atoms with Crippen LogP contribution in [0.25, 0.3) is 0 Å². The Labute approximate surface area is 153 Å². The first-order valence-electron chi connectivity index (χ1n) is 9.39. The molecule has 0 spiro atoms. The van der Waals surface area contributed by atoms with Gasteiger partial charge >= 0.3 is 5.97 Å². The molecule has 1 heterocycles. The van der Waals surface area contributed by atoms with Crippen molar-refractivity contribution in [1.29, 1.82) is 0 Å². The Bertz CT molecular complexity index is 441. The van der Waals surface area contributed by atoms with Crippen molar-refractivity contribution in [3.05, 3.63) is 12.2 Å². The summed E-state index contributed by atoms with van der Waals surface area (Å²) >= 11 is 0. The van der Waals surface area contributed by atoms with Gasteiger partial charge in [-0.3, -0.25) is 4.90 Å². The Morgan fingerprint density at radius 3 is 2.32 bits per heavy atom. The highest BCUT2D eigenvalue weighted by atomic mass is 16.5. The van der Waals surface area contributed by atoms with Gasteiger partial charge in [0.25, 0.3) is 0 Å². The van der Waals surface area contributed by atoms with E-state index in [4.69, 9.17) is 9.47 Å². The topological polar surface area (TPSA) is 59.0 Å². The number of carbonyl (C=O) groups is 1. The fourth-order valence-corrected chi connectivity index (χ4v) is 3.78. The average Bonchev–Trinajstić information content (AvgIpc) is 2.46. The smallest absolute Gasteiger partial charge is 0.333 e. The van der Waals surface area contributed by atoms with E-state index in [2.05, 4.69) is 46.1 Å². The zero-order valence-electron chi connectivity index (χ0n) is 16.9. The Morgan fingerprint density at radius 1 is 1.28 bits per heavy atom. The molecular weight excluding hydrogens is 318 g/mol. The summed E-state index contributed by atoms with van der Waals surface area (Å²) < 4.78 is 11.2. The number of piperidine rings is 1. The van der Waals surface area contributed by atoms with Gasteiger partial charge < -0.3 is 14.6 Å². The molecule has 0 aromatic heterocycles. The molecule has 1 unspecified atom stereocenters. The average molecular weight is 356 g/mol. The number of hydrogen-bond donors (Lipinski definition) is 1. The Morgan fingerprint density at radius 2 is 1.84 bits per heavy atom. The Hall–Kier alpha value is -0.910. The molecule has 0 aliphatic carbocycles. The van der Waals surface area contributed by atoms with E-state index < -0.39 is 6.10 Å². The third-order valence-corrected chi connectivity index (χ3v) is 4.88. The number of carbonyl (C=O) groups excluding carboxylic acids is 1. The molecule has 5 heteroatoms. The van der Waals surface area contributed by atoms with Gasteiger partial charge in [0.1, 0.15) is 6.10 Å². The predicted molar refractivity (Wildman–Crippen MR) is 101 cm³/mol. The highest BCUT2D eigenvalue weighted by molar-refractivity contribution is 5.87. The monoisotopic (exact) mass is 355 g/mol. The number of esters is 1. The Kier molecular flexibility index (Phi) is 8.10. The van der Waals surface area contributed by atoms with Crippen LogP contribution in [0, 0.1) is 0 Å². The van der Waals surface area contributed by atoms with Crippen molar-refractivity contribution >= 4 is 5.97 Å². The maximum absolute atomic E-state index is 11.9. The lowest BCUT2D eigenvalue weighted by atomic mass is 9.77. The zero-order chi connectivity index (χ0) is 19.3. The van der Waals surface area contributed by atoms with Crippen LogP contribution in [0.5, 0.6) is 0 Å². The lowest BCUT2D eigenvalue weighted by molar-refractivity contribution is -0.158. The van der Waals surface area contributed by atoms with Gasteiger partial charge in [-0.05, 0) is 41.0 Å². The van der Waals surface area contributed by atoms with Gasteiger partial charge in [0.2, 0.25) is 0 Å². The first-order valence-corrected chi connectivity index (χ1v) is 9.39. The highest BCUT2D eigenvalue weighted by Crippen LogP contribution is 2.39. The largest absolute Gasteiger partial charge is 0.459 e. The van der Waals surface area contributed by atoms with Crippen LogP contribution in [-0.2, 0) is 14.3 Å². The summed E-state index contributed by atoms with van der Waals surface area (Å²) in [5, 5.41) is 10.4. The van der Waals surface area contributed by atoms with Crippen molar-refractivity contribution in [2.75, 3.05) is 19.8 Å². The van der Waals surface area contributed by atoms with Crippen LogP contribution in [0.2, 0.25) is 0 Å². The summed E-state index contributed by atoms with van der Waals surface area (Å²) in [6.45, 7) is 17.6. The second-order valence-electron chi connectivity index (χ2n) is 8.53. The van der Waals surface area contributed by atoms with Gasteiger partial charge in [-0.25, -0.2) is 4.79 Å². The molecular formula is C20H37NO4. The van der Waals surface area contributed by atoms with Crippen LogP contribution >= 0.6 is 0 Å². The molecule has 1 aliphatic heterocycles. The minimum atomic E-state index is -0.523. The molecule has 0 aromatic carbocycles. The SMILES string of the molecule is C=C(C)C(=O)OC1CC(C)(C)N(CC(O)COCCCC)C(C)(C)C1. The zero-order valence-corrected chi connectivity index (χ0v) is 16.9. The first-order chi connectivity index (χ1) is 11.5. The molecule has 0 saturated carbocycles. The van der Waals surface area contributed by atoms with Crippen molar-refractivity contribution < 1.29 is 19.4 Å². The van der Waals surface area contributed by atoms with Gasteiger partial charge in [-0.2, -0.15) is 0 Å². The van der Waals surface area contributed by atoms with E-state index in [0.717, 1.165) is 25.7 Å². The van der Waals surface area contributed by atoms with E-state index in [9.17, 15) is 9.90 Å². The third kappa shape index (κ3) is 6.72. The maximum atomic E-state index is 11.9. The van der Waals surface area contributed by atoms with Gasteiger partial charge in [-0.15, -0.1) is 0 Å². The molecule has 146 valence electrons. The molecule has 5 nitrogen and oxygen atoms in total. The lowest BCUT2D eigenvalue weighted by Crippen LogP contribution is -2.64. The number of rotatable bonds is 9. The van der Waals surface area contributed by atoms with E-state index in [1.165, 1.54) is 0 Å². The molecule has 25 heavy (non-hydrogen) atoms. The van der Waals surface area contributed by atoms with Crippen molar-refractivity contribution in [2.24, 2.45) is 0 Å². The molecule has 0 radical (unpaired) electrons. The second-order valence-corrected chi connectivity index (χ2v) is 8.53. The van der Waals surface area contributed by atoms with Crippen LogP contribution in [0.15, 0.2) is 12.2 Å². The van der Waals surface area contributed by atoms with Crippen LogP contribution in [-0.4, -0.2) is 59.0 Å². The van der Waals surface area contributed by atoms with Crippen molar-refractivity contribution in [3.8, 4) is 0 Å². The minimum absolute atomic E-state index is 0.136. The van der Waals surface area contributed by atoms with E-state index >= 15 is 0 Å². The van der Waals surface area contributed by atoms with Gasteiger partial charge in [0.15, 0.2) is 0 Å². The fourth-order valence-electron chi connectivity index (χ4n) is 3.78. The summed E-state index contributed by atoms with van der Waals surface area (Å²) in [6, 6.07) is 0. The first kappa shape index (κ1) is 22.1. The number of unbranched alkanes of at least 4 members (excludes halogenated alkanes) is 1. The molecule has 1 N–H and O–H groups in total. The number of likely N-dealkylation sites (tertiary alicyclic amines) is 1.